The molecule has 0 spiro atoms. The zero-order chi connectivity index (χ0) is 14.0. The van der Waals surface area contributed by atoms with Crippen LogP contribution in [0.2, 0.25) is 0 Å². The van der Waals surface area contributed by atoms with Gasteiger partial charge in [0.25, 0.3) is 0 Å². The number of anilines is 2. The lowest BCUT2D eigenvalue weighted by atomic mass is 10.3. The van der Waals surface area contributed by atoms with Crippen LogP contribution in [0.4, 0.5) is 24.9 Å². The van der Waals surface area contributed by atoms with E-state index in [0.717, 1.165) is 0 Å². The Balaban J connectivity index is 2.15. The molecule has 0 bridgehead atoms. The van der Waals surface area contributed by atoms with E-state index in [1.54, 1.807) is 11.0 Å². The van der Waals surface area contributed by atoms with Gasteiger partial charge in [0, 0.05) is 26.8 Å². The van der Waals surface area contributed by atoms with Crippen LogP contribution in [0.1, 0.15) is 0 Å². The zero-order valence-electron chi connectivity index (χ0n) is 10.7. The van der Waals surface area contributed by atoms with Crippen molar-refractivity contribution in [2.75, 3.05) is 43.6 Å². The molecule has 1 aromatic rings. The van der Waals surface area contributed by atoms with E-state index >= 15 is 0 Å². The first-order valence-electron chi connectivity index (χ1n) is 5.81. The molecule has 8 heteroatoms. The van der Waals surface area contributed by atoms with Crippen molar-refractivity contribution < 1.29 is 17.9 Å². The largest absolute Gasteiger partial charge is 0.416 e. The normalized spacial score (nSPS) is 20.5. The topological polar surface area (TPSA) is 41.5 Å². The number of halogens is 3. The standard InChI is InChI=1S/C11H15F3N4O/c1-17(2)9-3-4-15-10(16-9)18-5-6-19-8(7-18)11(12,13)14/h3-4,8H,5-7H2,1-2H3. The summed E-state index contributed by atoms with van der Waals surface area (Å²) in [6, 6.07) is 1.70. The maximum absolute atomic E-state index is 12.6. The van der Waals surface area contributed by atoms with Crippen LogP contribution >= 0.6 is 0 Å². The summed E-state index contributed by atoms with van der Waals surface area (Å²) >= 11 is 0. The minimum Gasteiger partial charge on any atom is -0.365 e. The van der Waals surface area contributed by atoms with Crippen LogP contribution in [0.5, 0.6) is 0 Å². The molecule has 2 heterocycles. The average molecular weight is 276 g/mol. The van der Waals surface area contributed by atoms with Crippen LogP contribution in [0.25, 0.3) is 0 Å². The van der Waals surface area contributed by atoms with Gasteiger partial charge in [0.1, 0.15) is 5.82 Å². The number of rotatable bonds is 2. The maximum Gasteiger partial charge on any atom is 0.416 e. The molecule has 0 saturated carbocycles. The Labute approximate surface area is 109 Å². The molecule has 1 aliphatic heterocycles. The number of morpholine rings is 1. The van der Waals surface area contributed by atoms with Crippen molar-refractivity contribution in [1.29, 1.82) is 0 Å². The lowest BCUT2D eigenvalue weighted by Gasteiger charge is -2.33. The molecule has 1 fully saturated rings. The first kappa shape index (κ1) is 13.9. The first-order valence-corrected chi connectivity index (χ1v) is 5.81. The van der Waals surface area contributed by atoms with Crippen molar-refractivity contribution in [1.82, 2.24) is 9.97 Å². The molecule has 106 valence electrons. The lowest BCUT2D eigenvalue weighted by Crippen LogP contribution is -2.49. The first-order chi connectivity index (χ1) is 8.88. The van der Waals surface area contributed by atoms with Crippen molar-refractivity contribution >= 4 is 11.8 Å². The minimum absolute atomic E-state index is 0.0136. The second kappa shape index (κ2) is 5.20. The molecule has 0 aromatic carbocycles. The predicted octanol–water partition coefficient (Wildman–Crippen LogP) is 1.31. The highest BCUT2D eigenvalue weighted by Crippen LogP contribution is 2.27. The Morgan fingerprint density at radius 1 is 1.42 bits per heavy atom. The van der Waals surface area contributed by atoms with Crippen molar-refractivity contribution in [2.24, 2.45) is 0 Å². The van der Waals surface area contributed by atoms with Gasteiger partial charge in [0.2, 0.25) is 5.95 Å². The fourth-order valence-corrected chi connectivity index (χ4v) is 1.77. The molecular formula is C11H15F3N4O. The van der Waals surface area contributed by atoms with Gasteiger partial charge in [-0.05, 0) is 6.07 Å². The fourth-order valence-electron chi connectivity index (χ4n) is 1.77. The van der Waals surface area contributed by atoms with Gasteiger partial charge in [-0.1, -0.05) is 0 Å². The number of aromatic nitrogens is 2. The molecule has 19 heavy (non-hydrogen) atoms. The van der Waals surface area contributed by atoms with Gasteiger partial charge in [-0.15, -0.1) is 0 Å². The molecule has 1 atom stereocenters. The van der Waals surface area contributed by atoms with E-state index in [2.05, 4.69) is 9.97 Å². The Kier molecular flexibility index (Phi) is 3.79. The molecule has 2 rings (SSSR count). The van der Waals surface area contributed by atoms with E-state index in [-0.39, 0.29) is 13.2 Å². The molecular weight excluding hydrogens is 261 g/mol. The van der Waals surface area contributed by atoms with Gasteiger partial charge < -0.3 is 14.5 Å². The smallest absolute Gasteiger partial charge is 0.365 e. The van der Waals surface area contributed by atoms with Crippen LogP contribution in [-0.2, 0) is 4.74 Å². The van der Waals surface area contributed by atoms with Crippen molar-refractivity contribution in [3.63, 3.8) is 0 Å². The van der Waals surface area contributed by atoms with Gasteiger partial charge in [0.05, 0.1) is 13.2 Å². The molecule has 0 aliphatic carbocycles. The average Bonchev–Trinajstić information content (AvgIpc) is 2.38. The summed E-state index contributed by atoms with van der Waals surface area (Å²) in [7, 11) is 3.62. The maximum atomic E-state index is 12.6. The molecule has 5 nitrogen and oxygen atoms in total. The molecule has 1 aromatic heterocycles. The SMILES string of the molecule is CN(C)c1ccnc(N2CCOC(C(F)(F)F)C2)n1. The van der Waals surface area contributed by atoms with E-state index < -0.39 is 12.3 Å². The Morgan fingerprint density at radius 3 is 2.79 bits per heavy atom. The minimum atomic E-state index is -4.36. The van der Waals surface area contributed by atoms with Crippen molar-refractivity contribution in [3.8, 4) is 0 Å². The monoisotopic (exact) mass is 276 g/mol. The van der Waals surface area contributed by atoms with Crippen LogP contribution in [0.3, 0.4) is 0 Å². The van der Waals surface area contributed by atoms with Crippen LogP contribution in [0, 0.1) is 0 Å². The van der Waals surface area contributed by atoms with Gasteiger partial charge in [0.15, 0.2) is 6.10 Å². The van der Waals surface area contributed by atoms with Crippen molar-refractivity contribution in [3.05, 3.63) is 12.3 Å². The number of hydrogen-bond donors (Lipinski definition) is 0. The molecule has 1 saturated heterocycles. The Bertz CT molecular complexity index is 438. The summed E-state index contributed by atoms with van der Waals surface area (Å²) in [4.78, 5) is 11.5. The van der Waals surface area contributed by atoms with Crippen LogP contribution < -0.4 is 9.80 Å². The molecule has 0 N–H and O–H groups in total. The molecule has 0 amide bonds. The van der Waals surface area contributed by atoms with Crippen molar-refractivity contribution in [2.45, 2.75) is 12.3 Å². The third-order valence-corrected chi connectivity index (χ3v) is 2.80. The quantitative estimate of drug-likeness (QED) is 0.814. The summed E-state index contributed by atoms with van der Waals surface area (Å²) in [5.74, 6) is 0.948. The van der Waals surface area contributed by atoms with Gasteiger partial charge in [-0.3, -0.25) is 0 Å². The van der Waals surface area contributed by atoms with E-state index in [9.17, 15) is 13.2 Å². The number of ether oxygens (including phenoxy) is 1. The highest BCUT2D eigenvalue weighted by Gasteiger charge is 2.43. The fraction of sp³-hybridized carbons (Fsp3) is 0.636. The Hall–Kier alpha value is -1.57. The summed E-state index contributed by atoms with van der Waals surface area (Å²) in [6.45, 7) is 0.0869. The zero-order valence-corrected chi connectivity index (χ0v) is 10.7. The summed E-state index contributed by atoms with van der Waals surface area (Å²) < 4.78 is 42.7. The van der Waals surface area contributed by atoms with Gasteiger partial charge >= 0.3 is 6.18 Å². The van der Waals surface area contributed by atoms with Gasteiger partial charge in [-0.25, -0.2) is 4.98 Å². The lowest BCUT2D eigenvalue weighted by molar-refractivity contribution is -0.221. The third-order valence-electron chi connectivity index (χ3n) is 2.80. The highest BCUT2D eigenvalue weighted by molar-refractivity contribution is 5.42. The third kappa shape index (κ3) is 3.25. The van der Waals surface area contributed by atoms with Gasteiger partial charge in [-0.2, -0.15) is 18.2 Å². The molecule has 1 unspecified atom stereocenters. The number of alkyl halides is 3. The second-order valence-corrected chi connectivity index (χ2v) is 4.46. The van der Waals surface area contributed by atoms with Crippen LogP contribution in [-0.4, -0.2) is 56.0 Å². The van der Waals surface area contributed by atoms with E-state index in [1.807, 2.05) is 14.1 Å². The molecule has 1 aliphatic rings. The summed E-state index contributed by atoms with van der Waals surface area (Å²) in [6.07, 6.45) is -4.61. The van der Waals surface area contributed by atoms with Crippen LogP contribution in [0.15, 0.2) is 12.3 Å². The number of hydrogen-bond acceptors (Lipinski definition) is 5. The summed E-state index contributed by atoms with van der Waals surface area (Å²) in [5.41, 5.74) is 0. The highest BCUT2D eigenvalue weighted by atomic mass is 19.4. The molecule has 0 radical (unpaired) electrons. The summed E-state index contributed by atoms with van der Waals surface area (Å²) in [5, 5.41) is 0. The number of nitrogens with zero attached hydrogens (tertiary/aromatic N) is 4. The Morgan fingerprint density at radius 2 is 2.16 bits per heavy atom. The van der Waals surface area contributed by atoms with E-state index in [0.29, 0.717) is 18.3 Å². The second-order valence-electron chi connectivity index (χ2n) is 4.46. The van der Waals surface area contributed by atoms with E-state index in [1.165, 1.54) is 11.1 Å². The van der Waals surface area contributed by atoms with E-state index in [4.69, 9.17) is 4.74 Å². The predicted molar refractivity (Wildman–Crippen MR) is 64.4 cm³/mol.